The minimum atomic E-state index is -0.827. The van der Waals surface area contributed by atoms with E-state index in [0.29, 0.717) is 0 Å². The molecule has 2 aromatic heterocycles. The van der Waals surface area contributed by atoms with Crippen molar-refractivity contribution in [2.24, 2.45) is 7.05 Å². The molecule has 0 aliphatic rings. The van der Waals surface area contributed by atoms with Crippen LogP contribution in [0.5, 0.6) is 0 Å². The van der Waals surface area contributed by atoms with Gasteiger partial charge in [-0.3, -0.25) is 9.20 Å². The molecule has 0 radical (unpaired) electrons. The van der Waals surface area contributed by atoms with E-state index >= 15 is 0 Å². The Morgan fingerprint density at radius 1 is 1.30 bits per heavy atom. The van der Waals surface area contributed by atoms with Crippen LogP contribution in [0.25, 0.3) is 16.8 Å². The fourth-order valence-corrected chi connectivity index (χ4v) is 2.86. The van der Waals surface area contributed by atoms with E-state index in [1.165, 1.54) is 0 Å². The van der Waals surface area contributed by atoms with Crippen molar-refractivity contribution in [3.8, 4) is 0 Å². The van der Waals surface area contributed by atoms with Gasteiger partial charge in [-0.2, -0.15) is 0 Å². The largest absolute Gasteiger partial charge is 0.481 e. The number of imidazole rings is 2. The van der Waals surface area contributed by atoms with Gasteiger partial charge in [-0.05, 0) is 38.0 Å². The molecular formula is C15H17N3O2. The number of carboxylic acids is 1. The molecule has 5 heteroatoms. The Bertz CT molecular complexity index is 855. The van der Waals surface area contributed by atoms with Gasteiger partial charge >= 0.3 is 5.97 Å². The Labute approximate surface area is 116 Å². The lowest BCUT2D eigenvalue weighted by Crippen LogP contribution is -2.05. The van der Waals surface area contributed by atoms with E-state index in [0.717, 1.165) is 39.3 Å². The number of benzene rings is 1. The zero-order chi connectivity index (χ0) is 14.6. The predicted octanol–water partition coefficient (Wildman–Crippen LogP) is 2.38. The summed E-state index contributed by atoms with van der Waals surface area (Å²) in [6.07, 6.45) is 0.00161. The third-order valence-electron chi connectivity index (χ3n) is 3.89. The zero-order valence-electron chi connectivity index (χ0n) is 12.1. The van der Waals surface area contributed by atoms with Crippen LogP contribution in [0.4, 0.5) is 0 Å². The van der Waals surface area contributed by atoms with Crippen molar-refractivity contribution >= 4 is 22.8 Å². The molecule has 0 amide bonds. The molecule has 20 heavy (non-hydrogen) atoms. The Kier molecular flexibility index (Phi) is 2.61. The topological polar surface area (TPSA) is 59.5 Å². The Morgan fingerprint density at radius 2 is 2.00 bits per heavy atom. The SMILES string of the molecule is Cc1cc(C)c2nc3n(C)c(C)c(CC(=O)O)n3c2c1. The van der Waals surface area contributed by atoms with Crippen LogP contribution in [-0.4, -0.2) is 25.0 Å². The highest BCUT2D eigenvalue weighted by molar-refractivity contribution is 5.85. The van der Waals surface area contributed by atoms with E-state index in [2.05, 4.69) is 17.1 Å². The zero-order valence-corrected chi connectivity index (χ0v) is 12.1. The molecule has 2 heterocycles. The van der Waals surface area contributed by atoms with Crippen molar-refractivity contribution in [3.05, 3.63) is 34.6 Å². The van der Waals surface area contributed by atoms with Crippen LogP contribution in [0.3, 0.4) is 0 Å². The number of nitrogens with zero attached hydrogens (tertiary/aromatic N) is 3. The van der Waals surface area contributed by atoms with Crippen molar-refractivity contribution in [2.75, 3.05) is 0 Å². The van der Waals surface area contributed by atoms with Gasteiger partial charge in [-0.1, -0.05) is 6.07 Å². The normalized spacial score (nSPS) is 11.6. The standard InChI is InChI=1S/C15H17N3O2/c1-8-5-9(2)14-12(6-8)18-11(7-13(19)20)10(3)17(4)15(18)16-14/h5-6H,7H2,1-4H3,(H,19,20). The van der Waals surface area contributed by atoms with Crippen LogP contribution < -0.4 is 0 Å². The number of hydrogen-bond acceptors (Lipinski definition) is 2. The summed E-state index contributed by atoms with van der Waals surface area (Å²) < 4.78 is 3.92. The fraction of sp³-hybridized carbons (Fsp3) is 0.333. The first-order chi connectivity index (χ1) is 9.40. The molecule has 1 N–H and O–H groups in total. The summed E-state index contributed by atoms with van der Waals surface area (Å²) in [5.74, 6) is -0.0331. The third kappa shape index (κ3) is 1.62. The second-order valence-electron chi connectivity index (χ2n) is 5.36. The lowest BCUT2D eigenvalue weighted by molar-refractivity contribution is -0.136. The Morgan fingerprint density at radius 3 is 2.65 bits per heavy atom. The van der Waals surface area contributed by atoms with Crippen LogP contribution in [0.15, 0.2) is 12.1 Å². The summed E-state index contributed by atoms with van der Waals surface area (Å²) in [5.41, 5.74) is 5.92. The maximum Gasteiger partial charge on any atom is 0.309 e. The smallest absolute Gasteiger partial charge is 0.309 e. The van der Waals surface area contributed by atoms with Crippen LogP contribution in [0, 0.1) is 20.8 Å². The lowest BCUT2D eigenvalue weighted by atomic mass is 10.1. The van der Waals surface area contributed by atoms with Gasteiger partial charge in [0.15, 0.2) is 0 Å². The Balaban J connectivity index is 2.49. The molecule has 0 saturated heterocycles. The van der Waals surface area contributed by atoms with E-state index in [1.54, 1.807) is 0 Å². The minimum absolute atomic E-state index is 0.00161. The van der Waals surface area contributed by atoms with Crippen LogP contribution in [0.1, 0.15) is 22.5 Å². The molecule has 1 aromatic carbocycles. The summed E-state index contributed by atoms with van der Waals surface area (Å²) in [6, 6.07) is 4.16. The van der Waals surface area contributed by atoms with E-state index in [4.69, 9.17) is 5.11 Å². The summed E-state index contributed by atoms with van der Waals surface area (Å²) in [5, 5.41) is 9.14. The third-order valence-corrected chi connectivity index (χ3v) is 3.89. The van der Waals surface area contributed by atoms with Crippen molar-refractivity contribution < 1.29 is 9.90 Å². The van der Waals surface area contributed by atoms with Gasteiger partial charge in [-0.25, -0.2) is 4.98 Å². The van der Waals surface area contributed by atoms with E-state index in [9.17, 15) is 4.79 Å². The number of aryl methyl sites for hydroxylation is 3. The summed E-state index contributed by atoms with van der Waals surface area (Å²) >= 11 is 0. The molecule has 3 aromatic rings. The molecule has 0 unspecified atom stereocenters. The molecule has 5 nitrogen and oxygen atoms in total. The monoisotopic (exact) mass is 271 g/mol. The van der Waals surface area contributed by atoms with Gasteiger partial charge in [0.2, 0.25) is 5.78 Å². The number of fused-ring (bicyclic) bond motifs is 3. The summed E-state index contributed by atoms with van der Waals surface area (Å²) in [6.45, 7) is 6.01. The van der Waals surface area contributed by atoms with Crippen LogP contribution >= 0.6 is 0 Å². The predicted molar refractivity (Wildman–Crippen MR) is 77.2 cm³/mol. The number of rotatable bonds is 2. The van der Waals surface area contributed by atoms with Gasteiger partial charge in [0.05, 0.1) is 23.1 Å². The Hall–Kier alpha value is -2.30. The van der Waals surface area contributed by atoms with Crippen molar-refractivity contribution in [3.63, 3.8) is 0 Å². The average molecular weight is 271 g/mol. The molecule has 0 atom stereocenters. The van der Waals surface area contributed by atoms with E-state index in [1.807, 2.05) is 36.8 Å². The van der Waals surface area contributed by atoms with E-state index in [-0.39, 0.29) is 6.42 Å². The molecule has 104 valence electrons. The van der Waals surface area contributed by atoms with Crippen LogP contribution in [0.2, 0.25) is 0 Å². The van der Waals surface area contributed by atoms with Crippen molar-refractivity contribution in [1.82, 2.24) is 14.0 Å². The number of aliphatic carboxylic acids is 1. The second-order valence-corrected chi connectivity index (χ2v) is 5.36. The van der Waals surface area contributed by atoms with Crippen molar-refractivity contribution in [2.45, 2.75) is 27.2 Å². The van der Waals surface area contributed by atoms with Gasteiger partial charge in [0.25, 0.3) is 0 Å². The molecule has 3 rings (SSSR count). The molecule has 0 spiro atoms. The first kappa shape index (κ1) is 12.7. The van der Waals surface area contributed by atoms with Gasteiger partial charge < -0.3 is 9.67 Å². The molecule has 0 saturated carbocycles. The molecule has 0 fully saturated rings. The van der Waals surface area contributed by atoms with Gasteiger partial charge in [0.1, 0.15) is 0 Å². The van der Waals surface area contributed by atoms with E-state index < -0.39 is 5.97 Å². The second kappa shape index (κ2) is 4.10. The highest BCUT2D eigenvalue weighted by atomic mass is 16.4. The fourth-order valence-electron chi connectivity index (χ4n) is 2.86. The summed E-state index contributed by atoms with van der Waals surface area (Å²) in [7, 11) is 1.92. The number of carboxylic acid groups (broad SMARTS) is 1. The highest BCUT2D eigenvalue weighted by Gasteiger charge is 2.19. The molecule has 0 aliphatic carbocycles. The number of aromatic nitrogens is 3. The molecule has 0 bridgehead atoms. The molecular weight excluding hydrogens is 254 g/mol. The number of hydrogen-bond donors (Lipinski definition) is 1. The minimum Gasteiger partial charge on any atom is -0.481 e. The first-order valence-corrected chi connectivity index (χ1v) is 6.55. The van der Waals surface area contributed by atoms with Crippen molar-refractivity contribution in [1.29, 1.82) is 0 Å². The highest BCUT2D eigenvalue weighted by Crippen LogP contribution is 2.26. The average Bonchev–Trinajstić information content (AvgIpc) is 2.82. The molecule has 0 aliphatic heterocycles. The van der Waals surface area contributed by atoms with Gasteiger partial charge in [0, 0.05) is 12.7 Å². The first-order valence-electron chi connectivity index (χ1n) is 6.55. The van der Waals surface area contributed by atoms with Gasteiger partial charge in [-0.15, -0.1) is 0 Å². The summed E-state index contributed by atoms with van der Waals surface area (Å²) in [4.78, 5) is 15.8. The quantitative estimate of drug-likeness (QED) is 0.778. The maximum absolute atomic E-state index is 11.1. The van der Waals surface area contributed by atoms with Crippen LogP contribution in [-0.2, 0) is 18.3 Å². The lowest BCUT2D eigenvalue weighted by Gasteiger charge is -2.02. The maximum atomic E-state index is 11.1. The number of carbonyl (C=O) groups is 1.